The molecule has 33 heavy (non-hydrogen) atoms. The summed E-state index contributed by atoms with van der Waals surface area (Å²) in [5.41, 5.74) is 4.18. The van der Waals surface area contributed by atoms with Crippen molar-refractivity contribution in [2.45, 2.75) is 18.9 Å². The van der Waals surface area contributed by atoms with Crippen LogP contribution < -0.4 is 15.5 Å². The molecule has 0 amide bonds. The van der Waals surface area contributed by atoms with Gasteiger partial charge in [0.05, 0.1) is 5.69 Å². The average molecular weight is 444 g/mol. The molecule has 0 aliphatic carbocycles. The van der Waals surface area contributed by atoms with Crippen molar-refractivity contribution in [3.63, 3.8) is 0 Å². The summed E-state index contributed by atoms with van der Waals surface area (Å²) in [5.74, 6) is 2.12. The standard InChI is InChI=1S/C25H26FN7/c1-27-21-13-17(10-12-29-21)25-24(16-4-6-19(26)7-5-16)30-22-8-9-23(31-33(22)25)32-14-18-3-2-11-28-20(18)15-32/h4-10,12-13,18,20,28H,2-3,11,14-15H2,1H3,(H,27,29). The van der Waals surface area contributed by atoms with Gasteiger partial charge in [-0.2, -0.15) is 0 Å². The lowest BCUT2D eigenvalue weighted by molar-refractivity contribution is 0.340. The maximum atomic E-state index is 13.6. The Balaban J connectivity index is 1.49. The highest BCUT2D eigenvalue weighted by Crippen LogP contribution is 2.34. The number of anilines is 2. The van der Waals surface area contributed by atoms with Gasteiger partial charge in [-0.25, -0.2) is 18.9 Å². The zero-order chi connectivity index (χ0) is 22.4. The minimum atomic E-state index is -0.269. The van der Waals surface area contributed by atoms with Gasteiger partial charge in [-0.05, 0) is 73.8 Å². The number of halogens is 1. The van der Waals surface area contributed by atoms with Crippen LogP contribution >= 0.6 is 0 Å². The summed E-state index contributed by atoms with van der Waals surface area (Å²) < 4.78 is 15.5. The van der Waals surface area contributed by atoms with Crippen LogP contribution in [-0.4, -0.2) is 52.3 Å². The number of fused-ring (bicyclic) bond motifs is 2. The van der Waals surface area contributed by atoms with Crippen molar-refractivity contribution < 1.29 is 4.39 Å². The second-order valence-corrected chi connectivity index (χ2v) is 8.83. The Hall–Kier alpha value is -3.52. The largest absolute Gasteiger partial charge is 0.373 e. The number of nitrogens with one attached hydrogen (secondary N) is 2. The van der Waals surface area contributed by atoms with Crippen LogP contribution in [0.5, 0.6) is 0 Å². The van der Waals surface area contributed by atoms with Crippen molar-refractivity contribution in [1.82, 2.24) is 24.9 Å². The van der Waals surface area contributed by atoms with Gasteiger partial charge in [0, 0.05) is 43.5 Å². The number of benzene rings is 1. The fourth-order valence-electron chi connectivity index (χ4n) is 5.11. The SMILES string of the molecule is CNc1cc(-c2c(-c3ccc(F)cc3)nc3ccc(N4CC5CCCNC5C4)nn23)ccn1. The third-order valence-electron chi connectivity index (χ3n) is 6.79. The molecule has 1 aromatic carbocycles. The van der Waals surface area contributed by atoms with Gasteiger partial charge in [0.25, 0.3) is 0 Å². The Morgan fingerprint density at radius 2 is 1.94 bits per heavy atom. The molecule has 4 aromatic rings. The first-order valence-electron chi connectivity index (χ1n) is 11.5. The molecule has 2 aliphatic rings. The lowest BCUT2D eigenvalue weighted by Crippen LogP contribution is -2.40. The Labute approximate surface area is 191 Å². The van der Waals surface area contributed by atoms with E-state index in [1.165, 1.54) is 25.0 Å². The monoisotopic (exact) mass is 443 g/mol. The van der Waals surface area contributed by atoms with Gasteiger partial charge in [0.2, 0.25) is 0 Å². The molecular formula is C25H26FN7. The summed E-state index contributed by atoms with van der Waals surface area (Å²) in [6.07, 6.45) is 4.28. The van der Waals surface area contributed by atoms with Crippen LogP contribution in [0.15, 0.2) is 54.7 Å². The number of piperidine rings is 1. The van der Waals surface area contributed by atoms with Crippen LogP contribution in [0.25, 0.3) is 28.2 Å². The lowest BCUT2D eigenvalue weighted by atomic mass is 9.94. The molecule has 2 atom stereocenters. The van der Waals surface area contributed by atoms with Crippen molar-refractivity contribution in [2.24, 2.45) is 5.92 Å². The average Bonchev–Trinajstić information content (AvgIpc) is 3.46. The molecule has 7 nitrogen and oxygen atoms in total. The van der Waals surface area contributed by atoms with E-state index in [1.807, 2.05) is 29.8 Å². The molecule has 168 valence electrons. The fourth-order valence-corrected chi connectivity index (χ4v) is 5.11. The van der Waals surface area contributed by atoms with Gasteiger partial charge >= 0.3 is 0 Å². The molecule has 0 radical (unpaired) electrons. The van der Waals surface area contributed by atoms with E-state index in [4.69, 9.17) is 10.1 Å². The highest BCUT2D eigenvalue weighted by Gasteiger charge is 2.35. The molecule has 2 saturated heterocycles. The minimum Gasteiger partial charge on any atom is -0.373 e. The first-order chi connectivity index (χ1) is 16.2. The van der Waals surface area contributed by atoms with Crippen molar-refractivity contribution >= 4 is 17.3 Å². The number of aromatic nitrogens is 4. The normalized spacial score (nSPS) is 20.2. The highest BCUT2D eigenvalue weighted by molar-refractivity contribution is 5.82. The summed E-state index contributed by atoms with van der Waals surface area (Å²) in [6.45, 7) is 3.09. The van der Waals surface area contributed by atoms with Gasteiger partial charge in [0.15, 0.2) is 5.65 Å². The molecule has 0 saturated carbocycles. The number of hydrogen-bond donors (Lipinski definition) is 2. The molecule has 0 spiro atoms. The van der Waals surface area contributed by atoms with E-state index in [9.17, 15) is 4.39 Å². The molecule has 2 unspecified atom stereocenters. The Kier molecular flexibility index (Phi) is 4.95. The Bertz CT molecular complexity index is 1290. The number of hydrogen-bond acceptors (Lipinski definition) is 6. The third-order valence-corrected chi connectivity index (χ3v) is 6.79. The van der Waals surface area contributed by atoms with Gasteiger partial charge in [-0.15, -0.1) is 5.10 Å². The van der Waals surface area contributed by atoms with Crippen molar-refractivity contribution in [1.29, 1.82) is 0 Å². The second kappa shape index (κ2) is 8.12. The molecular weight excluding hydrogens is 417 g/mol. The Morgan fingerprint density at radius 1 is 1.06 bits per heavy atom. The summed E-state index contributed by atoms with van der Waals surface area (Å²) >= 11 is 0. The van der Waals surface area contributed by atoms with Crippen LogP contribution in [0.2, 0.25) is 0 Å². The van der Waals surface area contributed by atoms with E-state index in [0.29, 0.717) is 12.0 Å². The maximum absolute atomic E-state index is 13.6. The van der Waals surface area contributed by atoms with E-state index in [1.54, 1.807) is 18.3 Å². The van der Waals surface area contributed by atoms with Crippen LogP contribution in [0.1, 0.15) is 12.8 Å². The summed E-state index contributed by atoms with van der Waals surface area (Å²) in [6, 6.07) is 15.0. The Morgan fingerprint density at radius 3 is 2.76 bits per heavy atom. The number of rotatable bonds is 4. The number of nitrogens with zero attached hydrogens (tertiary/aromatic N) is 5. The predicted molar refractivity (Wildman–Crippen MR) is 128 cm³/mol. The summed E-state index contributed by atoms with van der Waals surface area (Å²) in [5, 5.41) is 11.8. The van der Waals surface area contributed by atoms with Crippen LogP contribution in [0.4, 0.5) is 16.0 Å². The van der Waals surface area contributed by atoms with E-state index in [-0.39, 0.29) is 5.82 Å². The van der Waals surface area contributed by atoms with E-state index in [0.717, 1.165) is 59.4 Å². The zero-order valence-corrected chi connectivity index (χ0v) is 18.5. The van der Waals surface area contributed by atoms with Crippen molar-refractivity contribution in [2.75, 3.05) is 36.9 Å². The van der Waals surface area contributed by atoms with Gasteiger partial charge in [-0.1, -0.05) is 0 Å². The highest BCUT2D eigenvalue weighted by atomic mass is 19.1. The van der Waals surface area contributed by atoms with Crippen LogP contribution in [-0.2, 0) is 0 Å². The third kappa shape index (κ3) is 3.60. The molecule has 0 bridgehead atoms. The van der Waals surface area contributed by atoms with Gasteiger partial charge in [-0.3, -0.25) is 0 Å². The summed E-state index contributed by atoms with van der Waals surface area (Å²) in [7, 11) is 1.85. The molecule has 6 rings (SSSR count). The van der Waals surface area contributed by atoms with Gasteiger partial charge < -0.3 is 15.5 Å². The van der Waals surface area contributed by atoms with Crippen molar-refractivity contribution in [3.8, 4) is 22.5 Å². The van der Waals surface area contributed by atoms with Gasteiger partial charge in [0.1, 0.15) is 23.1 Å². The fraction of sp³-hybridized carbons (Fsp3) is 0.320. The molecule has 2 aliphatic heterocycles. The maximum Gasteiger partial charge on any atom is 0.155 e. The topological polar surface area (TPSA) is 70.4 Å². The second-order valence-electron chi connectivity index (χ2n) is 8.83. The number of imidazole rings is 1. The lowest BCUT2D eigenvalue weighted by Gasteiger charge is -2.24. The number of pyridine rings is 1. The van der Waals surface area contributed by atoms with E-state index in [2.05, 4.69) is 26.6 Å². The molecule has 8 heteroatoms. The molecule has 5 heterocycles. The van der Waals surface area contributed by atoms with Crippen molar-refractivity contribution in [3.05, 3.63) is 60.5 Å². The molecule has 2 fully saturated rings. The smallest absolute Gasteiger partial charge is 0.155 e. The summed E-state index contributed by atoms with van der Waals surface area (Å²) in [4.78, 5) is 11.6. The zero-order valence-electron chi connectivity index (χ0n) is 18.5. The first kappa shape index (κ1) is 20.1. The first-order valence-corrected chi connectivity index (χ1v) is 11.5. The van der Waals surface area contributed by atoms with E-state index < -0.39 is 0 Å². The van der Waals surface area contributed by atoms with Crippen LogP contribution in [0, 0.1) is 11.7 Å². The molecule has 3 aromatic heterocycles. The quantitative estimate of drug-likeness (QED) is 0.500. The predicted octanol–water partition coefficient (Wildman–Crippen LogP) is 3.83. The van der Waals surface area contributed by atoms with Crippen LogP contribution in [0.3, 0.4) is 0 Å². The molecule has 2 N–H and O–H groups in total. The van der Waals surface area contributed by atoms with E-state index >= 15 is 0 Å². The minimum absolute atomic E-state index is 0.269.